The average molecular weight is 613 g/mol. The number of nitrogen functional groups attached to an aromatic ring is 1. The van der Waals surface area contributed by atoms with E-state index < -0.39 is 19.8 Å². The molecule has 0 aliphatic rings. The Bertz CT molecular complexity index is 1560. The van der Waals surface area contributed by atoms with Crippen molar-refractivity contribution >= 4 is 41.5 Å². The molecule has 3 atom stereocenters. The van der Waals surface area contributed by atoms with Gasteiger partial charge in [-0.15, -0.1) is 0 Å². The molecule has 0 unspecified atom stereocenters. The van der Waals surface area contributed by atoms with Crippen molar-refractivity contribution in [3.05, 3.63) is 54.6 Å². The van der Waals surface area contributed by atoms with E-state index in [9.17, 15) is 9.36 Å². The lowest BCUT2D eigenvalue weighted by Gasteiger charge is -2.27. The zero-order chi connectivity index (χ0) is 31.0. The Balaban J connectivity index is 1.76. The van der Waals surface area contributed by atoms with Crippen LogP contribution in [0, 0.1) is 0 Å². The second kappa shape index (κ2) is 14.7. The van der Waals surface area contributed by atoms with Crippen LogP contribution in [0.3, 0.4) is 0 Å². The molecule has 13 heteroatoms. The maximum Gasteiger partial charge on any atom is 0.459 e. The summed E-state index contributed by atoms with van der Waals surface area (Å²) < 4.78 is 39.4. The molecule has 0 aliphatic heterocycles. The second-order valence-corrected chi connectivity index (χ2v) is 12.1. The first-order chi connectivity index (χ1) is 20.7. The molecule has 1 aromatic carbocycles. The van der Waals surface area contributed by atoms with Crippen LogP contribution in [0.2, 0.25) is 0 Å². The highest BCUT2D eigenvalue weighted by molar-refractivity contribution is 7.52. The topological polar surface area (TPSA) is 153 Å². The monoisotopic (exact) mass is 612 g/mol. The number of carbonyl (C=O) groups is 1. The fourth-order valence-electron chi connectivity index (χ4n) is 4.72. The lowest BCUT2D eigenvalue weighted by atomic mass is 10.1. The predicted molar refractivity (Wildman–Crippen MR) is 166 cm³/mol. The maximum absolute atomic E-state index is 14.3. The van der Waals surface area contributed by atoms with Crippen LogP contribution in [-0.4, -0.2) is 50.8 Å². The highest BCUT2D eigenvalue weighted by atomic mass is 31.2. The first-order valence-corrected chi connectivity index (χ1v) is 16.1. The van der Waals surface area contributed by atoms with Crippen LogP contribution in [0.4, 0.5) is 5.82 Å². The second-order valence-electron chi connectivity index (χ2n) is 10.4. The van der Waals surface area contributed by atoms with E-state index in [0.29, 0.717) is 30.2 Å². The van der Waals surface area contributed by atoms with Crippen LogP contribution in [0.1, 0.15) is 65.7 Å². The molecule has 0 amide bonds. The van der Waals surface area contributed by atoms with Crippen molar-refractivity contribution in [3.63, 3.8) is 0 Å². The van der Waals surface area contributed by atoms with Gasteiger partial charge in [-0.2, -0.15) is 5.09 Å². The van der Waals surface area contributed by atoms with Gasteiger partial charge in [-0.25, -0.2) is 14.5 Å². The standard InChI is InChI=1S/C30H41N6O6P/c1-6-8-11-22(18-40-43(38,42-23-14-16-32-17-15-23)35-21(5)30(37)41-20(3)4)36-26(19-39-7-2)34-27-28(36)24-12-9-10-13-25(24)33-29(27)31/h9-10,12-17,20-22H,6-8,11,18-19H2,1-5H3,(H2,31,33)(H,35,38)/t21-,22-,43+/m0/s1. The van der Waals surface area contributed by atoms with Gasteiger partial charge >= 0.3 is 13.7 Å². The summed E-state index contributed by atoms with van der Waals surface area (Å²) in [4.78, 5) is 26.0. The number of nitrogens with zero attached hydrogens (tertiary/aromatic N) is 4. The molecule has 3 N–H and O–H groups in total. The van der Waals surface area contributed by atoms with Crippen LogP contribution >= 0.6 is 7.75 Å². The molecule has 12 nitrogen and oxygen atoms in total. The summed E-state index contributed by atoms with van der Waals surface area (Å²) >= 11 is 0. The van der Waals surface area contributed by atoms with E-state index in [1.807, 2.05) is 31.2 Å². The summed E-state index contributed by atoms with van der Waals surface area (Å²) in [6.07, 6.45) is 5.16. The number of fused-ring (bicyclic) bond motifs is 3. The van der Waals surface area contributed by atoms with Gasteiger partial charge in [-0.3, -0.25) is 14.3 Å². The number of pyridine rings is 2. The lowest BCUT2D eigenvalue weighted by Crippen LogP contribution is -2.36. The van der Waals surface area contributed by atoms with E-state index in [0.717, 1.165) is 29.3 Å². The Morgan fingerprint density at radius 2 is 1.84 bits per heavy atom. The van der Waals surface area contributed by atoms with Crippen LogP contribution in [0.25, 0.3) is 21.9 Å². The van der Waals surface area contributed by atoms with E-state index in [1.165, 1.54) is 12.4 Å². The molecule has 0 aliphatic carbocycles. The van der Waals surface area contributed by atoms with Crippen LogP contribution in [0.5, 0.6) is 5.75 Å². The van der Waals surface area contributed by atoms with E-state index in [1.54, 1.807) is 32.9 Å². The molecule has 0 radical (unpaired) electrons. The largest absolute Gasteiger partial charge is 0.462 e. The Hall–Kier alpha value is -3.57. The maximum atomic E-state index is 14.3. The smallest absolute Gasteiger partial charge is 0.459 e. The van der Waals surface area contributed by atoms with Gasteiger partial charge in [0.1, 0.15) is 29.7 Å². The average Bonchev–Trinajstić information content (AvgIpc) is 3.36. The van der Waals surface area contributed by atoms with Gasteiger partial charge in [-0.1, -0.05) is 38.0 Å². The number of carbonyl (C=O) groups excluding carboxylic acids is 1. The van der Waals surface area contributed by atoms with Crippen molar-refractivity contribution in [2.24, 2.45) is 0 Å². The fourth-order valence-corrected chi connectivity index (χ4v) is 6.25. The molecule has 232 valence electrons. The summed E-state index contributed by atoms with van der Waals surface area (Å²) in [5, 5.41) is 3.64. The minimum atomic E-state index is -4.12. The molecule has 4 aromatic rings. The van der Waals surface area contributed by atoms with Crippen molar-refractivity contribution in [2.45, 2.75) is 78.7 Å². The summed E-state index contributed by atoms with van der Waals surface area (Å²) in [6.45, 7) is 9.77. The van der Waals surface area contributed by atoms with Gasteiger partial charge in [0, 0.05) is 24.4 Å². The van der Waals surface area contributed by atoms with Gasteiger partial charge in [0.15, 0.2) is 5.82 Å². The van der Waals surface area contributed by atoms with E-state index >= 15 is 0 Å². The SMILES string of the molecule is CCCC[C@@H](CO[P@](=O)(N[C@@H](C)C(=O)OC(C)C)Oc1ccncc1)n1c(COCC)nc2c(N)nc3ccccc3c21. The zero-order valence-corrected chi connectivity index (χ0v) is 26.3. The molecular formula is C30H41N6O6P. The Kier molecular flexibility index (Phi) is 11.1. The third-order valence-corrected chi connectivity index (χ3v) is 8.33. The molecule has 0 spiro atoms. The molecule has 3 aromatic heterocycles. The Morgan fingerprint density at radius 3 is 2.53 bits per heavy atom. The Labute approximate surface area is 251 Å². The first-order valence-electron chi connectivity index (χ1n) is 14.6. The normalized spacial score (nSPS) is 14.6. The summed E-state index contributed by atoms with van der Waals surface area (Å²) in [6, 6.07) is 9.55. The lowest BCUT2D eigenvalue weighted by molar-refractivity contribution is -0.149. The fraction of sp³-hybridized carbons (Fsp3) is 0.467. The van der Waals surface area contributed by atoms with E-state index in [4.69, 9.17) is 29.2 Å². The summed E-state index contributed by atoms with van der Waals surface area (Å²) in [5.41, 5.74) is 8.50. The molecule has 0 bridgehead atoms. The van der Waals surface area contributed by atoms with Gasteiger partial charge in [-0.05, 0) is 52.3 Å². The van der Waals surface area contributed by atoms with Crippen LogP contribution < -0.4 is 15.3 Å². The number of imidazole rings is 1. The van der Waals surface area contributed by atoms with Crippen LogP contribution in [0.15, 0.2) is 48.8 Å². The number of ether oxygens (including phenoxy) is 2. The predicted octanol–water partition coefficient (Wildman–Crippen LogP) is 5.96. The number of esters is 1. The Morgan fingerprint density at radius 1 is 1.09 bits per heavy atom. The van der Waals surface area contributed by atoms with Crippen molar-refractivity contribution in [1.29, 1.82) is 0 Å². The van der Waals surface area contributed by atoms with Crippen LogP contribution in [-0.2, 0) is 30.0 Å². The minimum absolute atomic E-state index is 0.0253. The molecule has 4 rings (SSSR count). The number of nitrogens with one attached hydrogen (secondary N) is 1. The number of anilines is 1. The number of benzene rings is 1. The number of rotatable bonds is 16. The van der Waals surface area contributed by atoms with E-state index in [2.05, 4.69) is 26.5 Å². The number of para-hydroxylation sites is 1. The molecule has 3 heterocycles. The summed E-state index contributed by atoms with van der Waals surface area (Å²) in [5.74, 6) is 0.661. The highest BCUT2D eigenvalue weighted by Crippen LogP contribution is 2.46. The van der Waals surface area contributed by atoms with Gasteiger partial charge in [0.25, 0.3) is 0 Å². The van der Waals surface area contributed by atoms with E-state index in [-0.39, 0.29) is 31.1 Å². The zero-order valence-electron chi connectivity index (χ0n) is 25.4. The number of nitrogens with two attached hydrogens (primary N) is 1. The van der Waals surface area contributed by atoms with Gasteiger partial charge in [0.05, 0.1) is 29.8 Å². The molecule has 0 saturated carbocycles. The quantitative estimate of drug-likeness (QED) is 0.114. The molecule has 0 fully saturated rings. The highest BCUT2D eigenvalue weighted by Gasteiger charge is 2.34. The number of unbranched alkanes of at least 4 members (excludes halogenated alkanes) is 1. The van der Waals surface area contributed by atoms with Crippen molar-refractivity contribution < 1.29 is 27.9 Å². The van der Waals surface area contributed by atoms with Crippen molar-refractivity contribution in [2.75, 3.05) is 18.9 Å². The molecular weight excluding hydrogens is 571 g/mol. The molecule has 0 saturated heterocycles. The number of hydrogen-bond donors (Lipinski definition) is 2. The number of aromatic nitrogens is 4. The summed E-state index contributed by atoms with van der Waals surface area (Å²) in [7, 11) is -4.12. The number of hydrogen-bond acceptors (Lipinski definition) is 10. The third kappa shape index (κ3) is 8.08. The molecule has 43 heavy (non-hydrogen) atoms. The minimum Gasteiger partial charge on any atom is -0.462 e. The van der Waals surface area contributed by atoms with Crippen molar-refractivity contribution in [1.82, 2.24) is 24.6 Å². The third-order valence-electron chi connectivity index (χ3n) is 6.69. The first kappa shape index (κ1) is 32.3. The van der Waals surface area contributed by atoms with Gasteiger partial charge in [0.2, 0.25) is 0 Å². The van der Waals surface area contributed by atoms with Gasteiger partial charge < -0.3 is 24.3 Å². The van der Waals surface area contributed by atoms with Crippen molar-refractivity contribution in [3.8, 4) is 5.75 Å².